The molecule has 3 aromatic heterocycles. The van der Waals surface area contributed by atoms with E-state index in [1.54, 1.807) is 23.0 Å². The molecule has 0 saturated carbocycles. The topological polar surface area (TPSA) is 51.0 Å². The normalized spacial score (nSPS) is 15.6. The number of nitrogens with zero attached hydrogens (tertiary/aromatic N) is 4. The van der Waals surface area contributed by atoms with Crippen LogP contribution in [0.15, 0.2) is 65.9 Å². The van der Waals surface area contributed by atoms with E-state index in [2.05, 4.69) is 21.8 Å². The Morgan fingerprint density at radius 2 is 1.93 bits per heavy atom. The first kappa shape index (κ1) is 17.1. The summed E-state index contributed by atoms with van der Waals surface area (Å²) < 4.78 is 14.6. The van der Waals surface area contributed by atoms with E-state index < -0.39 is 5.82 Å². The Balaban J connectivity index is 1.66. The van der Waals surface area contributed by atoms with Crippen LogP contribution in [-0.4, -0.2) is 20.6 Å². The molecule has 0 bridgehead atoms. The van der Waals surface area contributed by atoms with E-state index >= 15 is 0 Å². The number of halogens is 1. The Bertz CT molecular complexity index is 1030. The van der Waals surface area contributed by atoms with Gasteiger partial charge in [0.25, 0.3) is 5.56 Å². The molecule has 1 aliphatic heterocycles. The van der Waals surface area contributed by atoms with Crippen LogP contribution in [0.2, 0.25) is 0 Å². The van der Waals surface area contributed by atoms with Crippen molar-refractivity contribution in [3.8, 4) is 0 Å². The van der Waals surface area contributed by atoms with E-state index in [0.717, 1.165) is 17.6 Å². The number of pyridine rings is 3. The van der Waals surface area contributed by atoms with Crippen molar-refractivity contribution in [1.82, 2.24) is 14.5 Å². The van der Waals surface area contributed by atoms with Gasteiger partial charge in [-0.05, 0) is 43.3 Å². The lowest BCUT2D eigenvalue weighted by Gasteiger charge is -2.33. The molecule has 4 heterocycles. The summed E-state index contributed by atoms with van der Waals surface area (Å²) in [6.45, 7) is 3.02. The van der Waals surface area contributed by atoms with Gasteiger partial charge in [-0.2, -0.15) is 0 Å². The van der Waals surface area contributed by atoms with Crippen molar-refractivity contribution in [2.75, 3.05) is 4.90 Å². The van der Waals surface area contributed by atoms with Gasteiger partial charge in [0.15, 0.2) is 0 Å². The maximum Gasteiger partial charge on any atom is 0.260 e. The quantitative estimate of drug-likeness (QED) is 0.715. The number of fused-ring (bicyclic) bond motifs is 1. The smallest absolute Gasteiger partial charge is 0.260 e. The van der Waals surface area contributed by atoms with Crippen LogP contribution in [-0.2, 0) is 13.1 Å². The molecule has 6 heteroatoms. The summed E-state index contributed by atoms with van der Waals surface area (Å²) in [5.41, 5.74) is 3.03. The van der Waals surface area contributed by atoms with Gasteiger partial charge in [0.1, 0.15) is 5.82 Å². The molecular weight excluding hydrogens is 343 g/mol. The molecule has 27 heavy (non-hydrogen) atoms. The molecular formula is C21H19FN4O. The van der Waals surface area contributed by atoms with E-state index in [-0.39, 0.29) is 11.6 Å². The van der Waals surface area contributed by atoms with Crippen LogP contribution >= 0.6 is 0 Å². The highest BCUT2D eigenvalue weighted by molar-refractivity contribution is 5.71. The zero-order valence-electron chi connectivity index (χ0n) is 14.9. The highest BCUT2D eigenvalue weighted by Crippen LogP contribution is 2.27. The maximum absolute atomic E-state index is 13.0. The molecule has 0 fully saturated rings. The summed E-state index contributed by atoms with van der Waals surface area (Å²) >= 11 is 0. The molecule has 4 rings (SSSR count). The van der Waals surface area contributed by atoms with Crippen LogP contribution < -0.4 is 10.5 Å². The summed E-state index contributed by atoms with van der Waals surface area (Å²) in [4.78, 5) is 23.6. The lowest BCUT2D eigenvalue weighted by molar-refractivity contribution is 0.616. The number of hydrogen-bond acceptors (Lipinski definition) is 4. The van der Waals surface area contributed by atoms with Crippen LogP contribution in [0.3, 0.4) is 0 Å². The Morgan fingerprint density at radius 3 is 2.67 bits per heavy atom. The Kier molecular flexibility index (Phi) is 4.54. The molecule has 0 aromatic carbocycles. The van der Waals surface area contributed by atoms with Gasteiger partial charge in [0.05, 0.1) is 41.9 Å². The molecule has 0 aliphatic carbocycles. The van der Waals surface area contributed by atoms with Crippen molar-refractivity contribution in [1.29, 1.82) is 0 Å². The fourth-order valence-corrected chi connectivity index (χ4v) is 3.24. The van der Waals surface area contributed by atoms with Gasteiger partial charge in [0.2, 0.25) is 0 Å². The van der Waals surface area contributed by atoms with Crippen molar-refractivity contribution in [3.05, 3.63) is 94.2 Å². The van der Waals surface area contributed by atoms with Crippen molar-refractivity contribution in [2.45, 2.75) is 26.1 Å². The van der Waals surface area contributed by atoms with E-state index in [9.17, 15) is 9.18 Å². The van der Waals surface area contributed by atoms with Gasteiger partial charge in [0, 0.05) is 18.4 Å². The van der Waals surface area contributed by atoms with Gasteiger partial charge >= 0.3 is 0 Å². The second-order valence-electron chi connectivity index (χ2n) is 6.56. The predicted molar refractivity (Wildman–Crippen MR) is 103 cm³/mol. The SMILES string of the molecule is CC1C=Cc2c(ccn(Cc3ccc(F)cn3)c2=O)N1Cc1ccccn1. The first-order chi connectivity index (χ1) is 13.1. The third-order valence-electron chi connectivity index (χ3n) is 4.70. The van der Waals surface area contributed by atoms with Crippen LogP contribution in [0.4, 0.5) is 10.1 Å². The minimum absolute atomic E-state index is 0.0900. The second kappa shape index (κ2) is 7.15. The summed E-state index contributed by atoms with van der Waals surface area (Å²) in [7, 11) is 0. The molecule has 1 aliphatic rings. The Labute approximate surface area is 156 Å². The van der Waals surface area contributed by atoms with Gasteiger partial charge in [-0.3, -0.25) is 14.8 Å². The molecule has 0 spiro atoms. The van der Waals surface area contributed by atoms with Crippen LogP contribution in [0.1, 0.15) is 23.9 Å². The average molecular weight is 362 g/mol. The molecule has 1 atom stereocenters. The minimum Gasteiger partial charge on any atom is -0.359 e. The molecule has 3 aromatic rings. The number of rotatable bonds is 4. The number of aromatic nitrogens is 3. The molecule has 0 radical (unpaired) electrons. The third-order valence-corrected chi connectivity index (χ3v) is 4.70. The predicted octanol–water partition coefficient (Wildman–Crippen LogP) is 3.25. The molecule has 0 saturated heterocycles. The summed E-state index contributed by atoms with van der Waals surface area (Å²) in [5, 5.41) is 0. The van der Waals surface area contributed by atoms with E-state index in [1.165, 1.54) is 6.07 Å². The van der Waals surface area contributed by atoms with Gasteiger partial charge in [-0.15, -0.1) is 0 Å². The maximum atomic E-state index is 13.0. The highest BCUT2D eigenvalue weighted by Gasteiger charge is 2.22. The van der Waals surface area contributed by atoms with Crippen LogP contribution in [0.5, 0.6) is 0 Å². The fourth-order valence-electron chi connectivity index (χ4n) is 3.24. The minimum atomic E-state index is -0.390. The lowest BCUT2D eigenvalue weighted by atomic mass is 10.0. The molecule has 1 unspecified atom stereocenters. The van der Waals surface area contributed by atoms with Crippen molar-refractivity contribution >= 4 is 11.8 Å². The van der Waals surface area contributed by atoms with Crippen molar-refractivity contribution in [3.63, 3.8) is 0 Å². The zero-order chi connectivity index (χ0) is 18.8. The Morgan fingerprint density at radius 1 is 1.07 bits per heavy atom. The first-order valence-electron chi connectivity index (χ1n) is 8.80. The molecule has 136 valence electrons. The summed E-state index contributed by atoms with van der Waals surface area (Å²) in [5.74, 6) is -0.390. The standard InChI is InChI=1S/C21H19FN4O/c1-15-5-8-19-20(26(15)14-17-4-2-3-10-23-17)9-11-25(21(19)27)13-18-7-6-16(22)12-24-18/h2-12,15H,13-14H2,1H3. The molecule has 0 amide bonds. The van der Waals surface area contributed by atoms with Crippen LogP contribution in [0.25, 0.3) is 6.08 Å². The fraction of sp³-hybridized carbons (Fsp3) is 0.190. The highest BCUT2D eigenvalue weighted by atomic mass is 19.1. The molecule has 0 N–H and O–H groups in total. The van der Waals surface area contributed by atoms with E-state index in [1.807, 2.05) is 36.4 Å². The molecule has 5 nitrogen and oxygen atoms in total. The van der Waals surface area contributed by atoms with Gasteiger partial charge < -0.3 is 9.47 Å². The second-order valence-corrected chi connectivity index (χ2v) is 6.56. The van der Waals surface area contributed by atoms with E-state index in [0.29, 0.717) is 24.3 Å². The first-order valence-corrected chi connectivity index (χ1v) is 8.80. The summed E-state index contributed by atoms with van der Waals surface area (Å²) in [6.07, 6.45) is 8.60. The zero-order valence-corrected chi connectivity index (χ0v) is 14.9. The van der Waals surface area contributed by atoms with Crippen molar-refractivity contribution < 1.29 is 4.39 Å². The number of hydrogen-bond donors (Lipinski definition) is 0. The monoisotopic (exact) mass is 362 g/mol. The van der Waals surface area contributed by atoms with Gasteiger partial charge in [-0.1, -0.05) is 12.1 Å². The van der Waals surface area contributed by atoms with Crippen LogP contribution in [0, 0.1) is 5.82 Å². The van der Waals surface area contributed by atoms with E-state index in [4.69, 9.17) is 0 Å². The summed E-state index contributed by atoms with van der Waals surface area (Å²) in [6, 6.07) is 10.9. The average Bonchev–Trinajstić information content (AvgIpc) is 2.69. The lowest BCUT2D eigenvalue weighted by Crippen LogP contribution is -2.37. The number of anilines is 1. The van der Waals surface area contributed by atoms with Crippen molar-refractivity contribution in [2.24, 2.45) is 0 Å². The van der Waals surface area contributed by atoms with Gasteiger partial charge in [-0.25, -0.2) is 4.39 Å². The largest absolute Gasteiger partial charge is 0.359 e. The third kappa shape index (κ3) is 3.51. The Hall–Kier alpha value is -3.28.